The predicted molar refractivity (Wildman–Crippen MR) is 197 cm³/mol. The number of aliphatic hydroxyl groups excluding tert-OH is 1. The van der Waals surface area contributed by atoms with Gasteiger partial charge in [0, 0.05) is 23.0 Å². The summed E-state index contributed by atoms with van der Waals surface area (Å²) in [6.45, 7) is 5.97. The van der Waals surface area contributed by atoms with Crippen molar-refractivity contribution in [1.29, 1.82) is 0 Å². The molecule has 3 amide bonds. The molecule has 1 aliphatic carbocycles. The number of rotatable bonds is 17. The number of ether oxygens (including phenoxy) is 2. The van der Waals surface area contributed by atoms with Crippen molar-refractivity contribution in [2.75, 3.05) is 26.4 Å². The summed E-state index contributed by atoms with van der Waals surface area (Å²) in [6, 6.07) is 13.3. The van der Waals surface area contributed by atoms with E-state index < -0.39 is 42.7 Å². The van der Waals surface area contributed by atoms with Crippen molar-refractivity contribution in [3.63, 3.8) is 0 Å². The SMILES string of the molecule is CCOP(=O)(OCC)C(O)[C@H](CC(C)C(=O)N1CCOc2ccccc2C1)NC(=O)[C@H](CC1CCCCC1)SNC(=O)OCc1cccc(Cl)c1. The zero-order valence-electron chi connectivity index (χ0n) is 29.6. The van der Waals surface area contributed by atoms with Gasteiger partial charge in [-0.3, -0.25) is 18.9 Å². The molecule has 0 spiro atoms. The molecule has 4 rings (SSSR count). The number of halogens is 1. The Kier molecular flexibility index (Phi) is 16.4. The first-order valence-corrected chi connectivity index (χ1v) is 20.6. The van der Waals surface area contributed by atoms with Crippen molar-refractivity contribution in [3.8, 4) is 5.75 Å². The number of hydrogen-bond donors (Lipinski definition) is 3. The molecule has 0 radical (unpaired) electrons. The average Bonchev–Trinajstić information content (AvgIpc) is 3.35. The van der Waals surface area contributed by atoms with Crippen LogP contribution in [0.25, 0.3) is 0 Å². The van der Waals surface area contributed by atoms with E-state index in [0.717, 1.165) is 55.4 Å². The molecule has 1 aliphatic heterocycles. The van der Waals surface area contributed by atoms with Gasteiger partial charge in [0.15, 0.2) is 5.85 Å². The Hall–Kier alpha value is -2.80. The summed E-state index contributed by atoms with van der Waals surface area (Å²) < 4.78 is 38.6. The molecular weight excluding hydrogens is 717 g/mol. The standard InChI is InChI=1S/C36H51ClN3O9PS/c1-4-48-50(45,49-5-2)35(43)30(20-25(3)34(42)40-18-19-46-31-17-10-9-15-28(31)23-40)38-33(41)32(22-26-12-7-6-8-13-26)51-39-36(44)47-24-27-14-11-16-29(37)21-27/h9-11,14-17,21,25-26,30,32,35,43H,4-8,12-13,18-20,22-24H2,1-3H3,(H,38,41)(H,39,44)/t25?,30-,32-,35?/m0/s1. The summed E-state index contributed by atoms with van der Waals surface area (Å²) in [4.78, 5) is 42.3. The number of para-hydroxylation sites is 1. The number of carbonyl (C=O) groups excluding carboxylic acids is 3. The van der Waals surface area contributed by atoms with E-state index in [2.05, 4.69) is 10.0 Å². The average molecular weight is 768 g/mol. The number of carbonyl (C=O) groups is 3. The Morgan fingerprint density at radius 2 is 1.80 bits per heavy atom. The lowest BCUT2D eigenvalue weighted by molar-refractivity contribution is -0.136. The van der Waals surface area contributed by atoms with E-state index in [9.17, 15) is 24.1 Å². The van der Waals surface area contributed by atoms with Crippen molar-refractivity contribution in [2.24, 2.45) is 11.8 Å². The molecule has 0 aromatic heterocycles. The third kappa shape index (κ3) is 12.4. The van der Waals surface area contributed by atoms with Gasteiger partial charge in [0.05, 0.1) is 25.8 Å². The highest BCUT2D eigenvalue weighted by Gasteiger charge is 2.43. The van der Waals surface area contributed by atoms with Crippen LogP contribution in [0.15, 0.2) is 48.5 Å². The van der Waals surface area contributed by atoms with Gasteiger partial charge in [-0.2, -0.15) is 0 Å². The minimum Gasteiger partial charge on any atom is -0.491 e. The topological polar surface area (TPSA) is 153 Å². The van der Waals surface area contributed by atoms with E-state index in [-0.39, 0.29) is 38.1 Å². The number of nitrogens with zero attached hydrogens (tertiary/aromatic N) is 1. The largest absolute Gasteiger partial charge is 0.491 e. The summed E-state index contributed by atoms with van der Waals surface area (Å²) in [6.07, 6.45) is 4.83. The third-order valence-electron chi connectivity index (χ3n) is 9.03. The van der Waals surface area contributed by atoms with Crippen LogP contribution in [-0.2, 0) is 41.1 Å². The molecule has 4 atom stereocenters. The highest BCUT2D eigenvalue weighted by molar-refractivity contribution is 7.99. The van der Waals surface area contributed by atoms with Gasteiger partial charge in [-0.1, -0.05) is 81.0 Å². The third-order valence-corrected chi connectivity index (χ3v) is 12.5. The fourth-order valence-corrected chi connectivity index (χ4v) is 9.26. The molecule has 0 bridgehead atoms. The van der Waals surface area contributed by atoms with Crippen molar-refractivity contribution >= 4 is 49.1 Å². The van der Waals surface area contributed by atoms with Crippen LogP contribution in [-0.4, -0.2) is 71.4 Å². The van der Waals surface area contributed by atoms with E-state index in [0.29, 0.717) is 36.7 Å². The van der Waals surface area contributed by atoms with Gasteiger partial charge in [0.1, 0.15) is 24.2 Å². The summed E-state index contributed by atoms with van der Waals surface area (Å²) in [7, 11) is -4.14. The highest BCUT2D eigenvalue weighted by Crippen LogP contribution is 2.53. The molecule has 51 heavy (non-hydrogen) atoms. The second-order valence-corrected chi connectivity index (χ2v) is 16.5. The molecule has 2 unspecified atom stereocenters. The molecule has 2 aromatic rings. The van der Waals surface area contributed by atoms with Crippen LogP contribution >= 0.6 is 31.1 Å². The second-order valence-electron chi connectivity index (χ2n) is 12.9. The van der Waals surface area contributed by atoms with Gasteiger partial charge >= 0.3 is 13.7 Å². The number of aliphatic hydroxyl groups is 1. The molecule has 1 fully saturated rings. The Bertz CT molecular complexity index is 1490. The van der Waals surface area contributed by atoms with Crippen LogP contribution in [0.5, 0.6) is 5.75 Å². The maximum absolute atomic E-state index is 14.1. The van der Waals surface area contributed by atoms with Crippen molar-refractivity contribution in [1.82, 2.24) is 14.9 Å². The first-order chi connectivity index (χ1) is 24.5. The molecule has 282 valence electrons. The van der Waals surface area contributed by atoms with E-state index in [1.807, 2.05) is 24.3 Å². The molecule has 2 aliphatic rings. The van der Waals surface area contributed by atoms with Crippen LogP contribution in [0, 0.1) is 11.8 Å². The van der Waals surface area contributed by atoms with Gasteiger partial charge in [-0.15, -0.1) is 0 Å². The maximum atomic E-state index is 14.1. The van der Waals surface area contributed by atoms with E-state index in [1.165, 1.54) is 0 Å². The fourth-order valence-electron chi connectivity index (χ4n) is 6.47. The van der Waals surface area contributed by atoms with Gasteiger partial charge in [0.25, 0.3) is 0 Å². The molecule has 0 saturated heterocycles. The van der Waals surface area contributed by atoms with Crippen LogP contribution < -0.4 is 14.8 Å². The summed E-state index contributed by atoms with van der Waals surface area (Å²) >= 11 is 6.98. The van der Waals surface area contributed by atoms with Gasteiger partial charge in [-0.25, -0.2) is 4.79 Å². The van der Waals surface area contributed by atoms with Crippen LogP contribution in [0.2, 0.25) is 5.02 Å². The van der Waals surface area contributed by atoms with Gasteiger partial charge in [-0.05, 0) is 68.3 Å². The summed E-state index contributed by atoms with van der Waals surface area (Å²) in [5.74, 6) is -2.18. The molecule has 3 N–H and O–H groups in total. The zero-order valence-corrected chi connectivity index (χ0v) is 32.1. The van der Waals surface area contributed by atoms with Crippen LogP contribution in [0.4, 0.5) is 4.79 Å². The smallest absolute Gasteiger partial charge is 0.417 e. The Labute approximate surface area is 310 Å². The van der Waals surface area contributed by atoms with Gasteiger partial charge < -0.3 is 33.8 Å². The summed E-state index contributed by atoms with van der Waals surface area (Å²) in [5, 5.41) is 14.2. The second kappa shape index (κ2) is 20.4. The minimum absolute atomic E-state index is 0.00193. The lowest BCUT2D eigenvalue weighted by Gasteiger charge is -2.33. The van der Waals surface area contributed by atoms with Crippen molar-refractivity contribution in [3.05, 3.63) is 64.7 Å². The Morgan fingerprint density at radius 3 is 2.51 bits per heavy atom. The van der Waals surface area contributed by atoms with Gasteiger partial charge in [0.2, 0.25) is 11.8 Å². The zero-order chi connectivity index (χ0) is 36.8. The lowest BCUT2D eigenvalue weighted by atomic mass is 9.86. The molecule has 15 heteroatoms. The molecule has 1 saturated carbocycles. The number of nitrogens with one attached hydrogen (secondary N) is 2. The molecule has 1 heterocycles. The minimum atomic E-state index is -4.14. The Balaban J connectivity index is 1.51. The van der Waals surface area contributed by atoms with E-state index >= 15 is 0 Å². The lowest BCUT2D eigenvalue weighted by Crippen LogP contribution is -2.49. The first-order valence-electron chi connectivity index (χ1n) is 17.7. The molecular formula is C36H51ClN3O9PS. The predicted octanol–water partition coefficient (Wildman–Crippen LogP) is 7.07. The monoisotopic (exact) mass is 767 g/mol. The number of hydrogen-bond acceptors (Lipinski definition) is 10. The number of fused-ring (bicyclic) bond motifs is 1. The maximum Gasteiger partial charge on any atom is 0.417 e. The fraction of sp³-hybridized carbons (Fsp3) is 0.583. The normalized spacial score (nSPS) is 17.5. The van der Waals surface area contributed by atoms with Crippen LogP contribution in [0.1, 0.15) is 76.8 Å². The van der Waals surface area contributed by atoms with E-state index in [1.54, 1.807) is 49.9 Å². The number of benzene rings is 2. The first kappa shape index (κ1) is 41.0. The molecule has 2 aromatic carbocycles. The quantitative estimate of drug-likeness (QED) is 0.113. The Morgan fingerprint density at radius 1 is 1.08 bits per heavy atom. The van der Waals surface area contributed by atoms with Crippen LogP contribution in [0.3, 0.4) is 0 Å². The number of amides is 3. The summed E-state index contributed by atoms with van der Waals surface area (Å²) in [5.41, 5.74) is 1.59. The van der Waals surface area contributed by atoms with Crippen molar-refractivity contribution < 1.29 is 42.6 Å². The molecule has 12 nitrogen and oxygen atoms in total. The van der Waals surface area contributed by atoms with Crippen molar-refractivity contribution in [2.45, 2.75) is 96.0 Å². The van der Waals surface area contributed by atoms with E-state index in [4.69, 9.17) is 30.1 Å². The highest BCUT2D eigenvalue weighted by atomic mass is 35.5.